The van der Waals surface area contributed by atoms with Gasteiger partial charge in [-0.2, -0.15) is 15.8 Å². The predicted molar refractivity (Wildman–Crippen MR) is 87.6 cm³/mol. The molecule has 1 aliphatic rings. The van der Waals surface area contributed by atoms with E-state index in [9.17, 15) is 4.79 Å². The second kappa shape index (κ2) is 12.1. The maximum absolute atomic E-state index is 12.2. The number of carbonyl (C=O) groups is 1. The summed E-state index contributed by atoms with van der Waals surface area (Å²) in [6.07, 6.45) is 0. The minimum Gasteiger partial charge on any atom is -0.322 e. The molecule has 0 saturated carbocycles. The Morgan fingerprint density at radius 3 is 2.04 bits per heavy atom. The molecule has 24 heavy (non-hydrogen) atoms. The molecule has 9 nitrogen and oxygen atoms in total. The zero-order chi connectivity index (χ0) is 17.6. The fourth-order valence-electron chi connectivity index (χ4n) is 2.40. The highest BCUT2D eigenvalue weighted by molar-refractivity contribution is 5.76. The van der Waals surface area contributed by atoms with Crippen LogP contribution in [0.2, 0.25) is 0 Å². The van der Waals surface area contributed by atoms with Crippen molar-refractivity contribution in [1.82, 2.24) is 25.3 Å². The zero-order valence-electron chi connectivity index (χ0n) is 13.9. The molecule has 1 saturated heterocycles. The number of urea groups is 1. The Hall–Kier alpha value is -2.38. The van der Waals surface area contributed by atoms with Crippen molar-refractivity contribution in [2.75, 3.05) is 72.0 Å². The van der Waals surface area contributed by atoms with Crippen molar-refractivity contribution >= 4 is 6.03 Å². The maximum Gasteiger partial charge on any atom is 0.320 e. The summed E-state index contributed by atoms with van der Waals surface area (Å²) in [5.41, 5.74) is 0. The van der Waals surface area contributed by atoms with Crippen LogP contribution in [0.3, 0.4) is 0 Å². The van der Waals surface area contributed by atoms with Gasteiger partial charge >= 0.3 is 6.03 Å². The van der Waals surface area contributed by atoms with Gasteiger partial charge in [0, 0.05) is 52.4 Å². The molecule has 0 spiro atoms. The summed E-state index contributed by atoms with van der Waals surface area (Å²) in [7, 11) is 0. The highest BCUT2D eigenvalue weighted by Crippen LogP contribution is 2.06. The largest absolute Gasteiger partial charge is 0.322 e. The zero-order valence-corrected chi connectivity index (χ0v) is 13.9. The molecule has 2 amide bonds. The number of amides is 2. The second-order valence-corrected chi connectivity index (χ2v) is 5.37. The monoisotopic (exact) mass is 332 g/mol. The molecule has 1 rings (SSSR count). The van der Waals surface area contributed by atoms with Crippen LogP contribution in [0.5, 0.6) is 0 Å². The average molecular weight is 332 g/mol. The highest BCUT2D eigenvalue weighted by atomic mass is 16.2. The number of hydrogen-bond acceptors (Lipinski definition) is 7. The van der Waals surface area contributed by atoms with E-state index in [-0.39, 0.29) is 19.1 Å². The first-order chi connectivity index (χ1) is 11.7. The normalized spacial score (nSPS) is 13.8. The summed E-state index contributed by atoms with van der Waals surface area (Å²) in [5, 5.41) is 32.0. The molecule has 0 unspecified atom stereocenters. The van der Waals surface area contributed by atoms with Crippen LogP contribution >= 0.6 is 0 Å². The van der Waals surface area contributed by atoms with Crippen LogP contribution in [-0.4, -0.2) is 92.7 Å². The Morgan fingerprint density at radius 2 is 1.50 bits per heavy atom. The van der Waals surface area contributed by atoms with Crippen molar-refractivity contribution in [3.63, 3.8) is 0 Å². The van der Waals surface area contributed by atoms with Crippen molar-refractivity contribution in [1.29, 1.82) is 15.8 Å². The van der Waals surface area contributed by atoms with Crippen molar-refractivity contribution in [2.24, 2.45) is 0 Å². The molecular weight excluding hydrogens is 308 g/mol. The molecule has 2 N–H and O–H groups in total. The topological polar surface area (TPSA) is 122 Å². The summed E-state index contributed by atoms with van der Waals surface area (Å²) < 4.78 is 0. The molecule has 130 valence electrons. The third kappa shape index (κ3) is 7.26. The molecule has 0 aromatic heterocycles. The fraction of sp³-hybridized carbons (Fsp3) is 0.733. The van der Waals surface area contributed by atoms with Crippen LogP contribution in [0.25, 0.3) is 0 Å². The van der Waals surface area contributed by atoms with E-state index in [0.717, 1.165) is 0 Å². The molecule has 1 fully saturated rings. The van der Waals surface area contributed by atoms with E-state index in [4.69, 9.17) is 15.8 Å². The van der Waals surface area contributed by atoms with Crippen LogP contribution in [0, 0.1) is 34.0 Å². The van der Waals surface area contributed by atoms with Gasteiger partial charge < -0.3 is 20.4 Å². The molecule has 0 aliphatic carbocycles. The Kier molecular flexibility index (Phi) is 9.91. The standard InChI is InChI=1S/C15H24N8O/c16-1-4-19-6-11-22-13-14-23(15(22)24)12-7-20-5-10-21(8-2-17)9-3-18/h19-20H,4-14H2. The van der Waals surface area contributed by atoms with Crippen LogP contribution in [0.4, 0.5) is 4.79 Å². The highest BCUT2D eigenvalue weighted by Gasteiger charge is 2.27. The van der Waals surface area contributed by atoms with E-state index in [1.54, 1.807) is 14.7 Å². The van der Waals surface area contributed by atoms with Crippen LogP contribution in [-0.2, 0) is 0 Å². The Morgan fingerprint density at radius 1 is 0.917 bits per heavy atom. The number of nitriles is 3. The average Bonchev–Trinajstić information content (AvgIpc) is 2.92. The van der Waals surface area contributed by atoms with E-state index < -0.39 is 0 Å². The van der Waals surface area contributed by atoms with Gasteiger partial charge in [-0.25, -0.2) is 4.79 Å². The van der Waals surface area contributed by atoms with E-state index >= 15 is 0 Å². The number of hydrogen-bond donors (Lipinski definition) is 2. The minimum atomic E-state index is 0.0335. The molecule has 0 atom stereocenters. The minimum absolute atomic E-state index is 0.0335. The molecule has 0 bridgehead atoms. The Bertz CT molecular complexity index is 487. The first-order valence-electron chi connectivity index (χ1n) is 8.01. The van der Waals surface area contributed by atoms with E-state index in [0.29, 0.717) is 58.9 Å². The number of rotatable bonds is 12. The van der Waals surface area contributed by atoms with Crippen molar-refractivity contribution in [3.05, 3.63) is 0 Å². The van der Waals surface area contributed by atoms with Crippen LogP contribution < -0.4 is 10.6 Å². The van der Waals surface area contributed by atoms with Gasteiger partial charge in [0.2, 0.25) is 0 Å². The second-order valence-electron chi connectivity index (χ2n) is 5.37. The lowest BCUT2D eigenvalue weighted by atomic mass is 10.4. The molecule has 0 aromatic carbocycles. The first kappa shape index (κ1) is 19.7. The van der Waals surface area contributed by atoms with Gasteiger partial charge in [-0.3, -0.25) is 4.90 Å². The molecular formula is C15H24N8O. The Balaban J connectivity index is 2.13. The quantitative estimate of drug-likeness (QED) is 0.339. The fourth-order valence-corrected chi connectivity index (χ4v) is 2.40. The van der Waals surface area contributed by atoms with Crippen molar-refractivity contribution < 1.29 is 4.79 Å². The molecule has 0 aromatic rings. The van der Waals surface area contributed by atoms with Gasteiger partial charge in [-0.15, -0.1) is 0 Å². The van der Waals surface area contributed by atoms with E-state index in [1.807, 2.05) is 18.2 Å². The number of nitrogens with zero attached hydrogens (tertiary/aromatic N) is 6. The molecule has 9 heteroatoms. The molecule has 1 aliphatic heterocycles. The number of nitrogens with one attached hydrogen (secondary N) is 2. The van der Waals surface area contributed by atoms with Crippen molar-refractivity contribution in [2.45, 2.75) is 0 Å². The lowest BCUT2D eigenvalue weighted by molar-refractivity contribution is 0.192. The predicted octanol–water partition coefficient (Wildman–Crippen LogP) is -1.22. The number of carbonyl (C=O) groups excluding carboxylic acids is 1. The molecule has 1 heterocycles. The van der Waals surface area contributed by atoms with Gasteiger partial charge in [0.25, 0.3) is 0 Å². The lowest BCUT2D eigenvalue weighted by Crippen LogP contribution is -2.40. The van der Waals surface area contributed by atoms with Gasteiger partial charge in [0.05, 0.1) is 37.8 Å². The smallest absolute Gasteiger partial charge is 0.320 e. The lowest BCUT2D eigenvalue weighted by Gasteiger charge is -2.19. The summed E-state index contributed by atoms with van der Waals surface area (Å²) in [6.45, 7) is 6.07. The van der Waals surface area contributed by atoms with Crippen LogP contribution in [0.1, 0.15) is 0 Å². The third-order valence-corrected chi connectivity index (χ3v) is 3.70. The summed E-state index contributed by atoms with van der Waals surface area (Å²) in [4.78, 5) is 17.5. The SMILES string of the molecule is N#CCNCCN1CCN(CCNCCN(CC#N)CC#N)C1=O. The Labute approximate surface area is 143 Å². The van der Waals surface area contributed by atoms with Gasteiger partial charge in [-0.05, 0) is 0 Å². The van der Waals surface area contributed by atoms with Crippen LogP contribution in [0.15, 0.2) is 0 Å². The van der Waals surface area contributed by atoms with Gasteiger partial charge in [0.15, 0.2) is 0 Å². The van der Waals surface area contributed by atoms with Crippen molar-refractivity contribution in [3.8, 4) is 18.2 Å². The summed E-state index contributed by atoms with van der Waals surface area (Å²) in [5.74, 6) is 0. The van der Waals surface area contributed by atoms with E-state index in [1.165, 1.54) is 0 Å². The van der Waals surface area contributed by atoms with Gasteiger partial charge in [-0.1, -0.05) is 0 Å². The first-order valence-corrected chi connectivity index (χ1v) is 8.01. The summed E-state index contributed by atoms with van der Waals surface area (Å²) in [6, 6.07) is 6.12. The van der Waals surface area contributed by atoms with Gasteiger partial charge in [0.1, 0.15) is 0 Å². The van der Waals surface area contributed by atoms with E-state index in [2.05, 4.69) is 10.6 Å². The molecule has 0 radical (unpaired) electrons. The summed E-state index contributed by atoms with van der Waals surface area (Å²) >= 11 is 0. The third-order valence-electron chi connectivity index (χ3n) is 3.70. The maximum atomic E-state index is 12.2.